The molecule has 6 nitrogen and oxygen atoms in total. The average molecular weight is 444 g/mol. The molecule has 6 heteroatoms. The molecular formula is C27H29N3O3. The Balaban J connectivity index is 1.47. The molecule has 170 valence electrons. The van der Waals surface area contributed by atoms with Gasteiger partial charge >= 0.3 is 0 Å². The standard InChI is InChI=1S/C27H29N3O3/c1-18-15-20(19-11-13-28-14-12-19)9-10-24(18)27(33)30-25(17-31)21-5-4-6-22(16-21)26(32)29-23-7-2-3-8-23/h4-6,9-16,23,25,31H,2-3,7-8,17H2,1H3,(H,29,32)(H,30,33)/t25-/m1/s1. The zero-order chi connectivity index (χ0) is 23.2. The van der Waals surface area contributed by atoms with E-state index >= 15 is 0 Å². The number of nitrogens with zero attached hydrogens (tertiary/aromatic N) is 1. The number of aromatic nitrogens is 1. The van der Waals surface area contributed by atoms with Gasteiger partial charge in [-0.2, -0.15) is 0 Å². The maximum atomic E-state index is 13.0. The lowest BCUT2D eigenvalue weighted by Gasteiger charge is -2.19. The highest BCUT2D eigenvalue weighted by atomic mass is 16.3. The van der Waals surface area contributed by atoms with Crippen molar-refractivity contribution in [3.63, 3.8) is 0 Å². The predicted octanol–water partition coefficient (Wildman–Crippen LogP) is 4.19. The smallest absolute Gasteiger partial charge is 0.252 e. The Morgan fingerprint density at radius 2 is 1.76 bits per heavy atom. The van der Waals surface area contributed by atoms with Crippen molar-refractivity contribution in [1.29, 1.82) is 0 Å². The predicted molar refractivity (Wildman–Crippen MR) is 128 cm³/mol. The monoisotopic (exact) mass is 443 g/mol. The van der Waals surface area contributed by atoms with Gasteiger partial charge in [-0.15, -0.1) is 0 Å². The maximum absolute atomic E-state index is 13.0. The van der Waals surface area contributed by atoms with Crippen molar-refractivity contribution < 1.29 is 14.7 Å². The summed E-state index contributed by atoms with van der Waals surface area (Å²) in [7, 11) is 0. The molecule has 3 aromatic rings. The molecule has 0 bridgehead atoms. The van der Waals surface area contributed by atoms with Gasteiger partial charge in [-0.05, 0) is 72.4 Å². The second kappa shape index (κ2) is 10.4. The quantitative estimate of drug-likeness (QED) is 0.511. The van der Waals surface area contributed by atoms with Gasteiger partial charge in [0.15, 0.2) is 0 Å². The molecule has 0 saturated heterocycles. The first-order chi connectivity index (χ1) is 16.0. The summed E-state index contributed by atoms with van der Waals surface area (Å²) in [6.07, 6.45) is 7.79. The summed E-state index contributed by atoms with van der Waals surface area (Å²) in [6.45, 7) is 1.62. The lowest BCUT2D eigenvalue weighted by molar-refractivity contribution is 0.0915. The van der Waals surface area contributed by atoms with Gasteiger partial charge in [-0.3, -0.25) is 14.6 Å². The first kappa shape index (κ1) is 22.7. The number of aliphatic hydroxyl groups excluding tert-OH is 1. The summed E-state index contributed by atoms with van der Waals surface area (Å²) in [5.74, 6) is -0.386. The molecule has 0 spiro atoms. The van der Waals surface area contributed by atoms with Gasteiger partial charge in [-0.25, -0.2) is 0 Å². The van der Waals surface area contributed by atoms with Crippen molar-refractivity contribution in [2.24, 2.45) is 0 Å². The van der Waals surface area contributed by atoms with Crippen molar-refractivity contribution in [1.82, 2.24) is 15.6 Å². The van der Waals surface area contributed by atoms with Crippen LogP contribution in [0.5, 0.6) is 0 Å². The van der Waals surface area contributed by atoms with Gasteiger partial charge in [0.05, 0.1) is 12.6 Å². The fraction of sp³-hybridized carbons (Fsp3) is 0.296. The topological polar surface area (TPSA) is 91.3 Å². The van der Waals surface area contributed by atoms with Gasteiger partial charge in [-0.1, -0.05) is 37.1 Å². The lowest BCUT2D eigenvalue weighted by atomic mass is 9.99. The Morgan fingerprint density at radius 3 is 2.45 bits per heavy atom. The van der Waals surface area contributed by atoms with Gasteiger partial charge in [0.2, 0.25) is 0 Å². The number of pyridine rings is 1. The third-order valence-corrected chi connectivity index (χ3v) is 6.21. The molecule has 2 amide bonds. The van der Waals surface area contributed by atoms with Crippen molar-refractivity contribution in [3.8, 4) is 11.1 Å². The molecule has 3 N–H and O–H groups in total. The van der Waals surface area contributed by atoms with E-state index in [0.717, 1.165) is 42.4 Å². The fourth-order valence-electron chi connectivity index (χ4n) is 4.35. The zero-order valence-electron chi connectivity index (χ0n) is 18.8. The van der Waals surface area contributed by atoms with Crippen LogP contribution in [0.4, 0.5) is 0 Å². The number of hydrogen-bond donors (Lipinski definition) is 3. The lowest BCUT2D eigenvalue weighted by Crippen LogP contribution is -2.33. The molecule has 33 heavy (non-hydrogen) atoms. The molecule has 1 saturated carbocycles. The molecule has 1 aliphatic rings. The Bertz CT molecular complexity index is 1120. The molecule has 1 aliphatic carbocycles. The van der Waals surface area contributed by atoms with E-state index in [1.54, 1.807) is 36.7 Å². The maximum Gasteiger partial charge on any atom is 0.252 e. The number of aryl methyl sites for hydroxylation is 1. The van der Waals surface area contributed by atoms with Crippen LogP contribution >= 0.6 is 0 Å². The van der Waals surface area contributed by atoms with E-state index in [2.05, 4.69) is 15.6 Å². The Kier molecular flexibility index (Phi) is 7.15. The van der Waals surface area contributed by atoms with Gasteiger partial charge in [0.1, 0.15) is 0 Å². The number of rotatable bonds is 7. The average Bonchev–Trinajstić information content (AvgIpc) is 3.36. The zero-order valence-corrected chi connectivity index (χ0v) is 18.8. The summed E-state index contributed by atoms with van der Waals surface area (Å²) in [6, 6.07) is 16.2. The number of carbonyl (C=O) groups is 2. The van der Waals surface area contributed by atoms with E-state index in [9.17, 15) is 14.7 Å². The first-order valence-corrected chi connectivity index (χ1v) is 11.4. The van der Waals surface area contributed by atoms with Crippen LogP contribution in [-0.4, -0.2) is 34.6 Å². The number of hydrogen-bond acceptors (Lipinski definition) is 4. The molecule has 0 unspecified atom stereocenters. The third-order valence-electron chi connectivity index (χ3n) is 6.21. The number of amides is 2. The number of benzene rings is 2. The van der Waals surface area contributed by atoms with E-state index in [4.69, 9.17) is 0 Å². The van der Waals surface area contributed by atoms with Crippen molar-refractivity contribution >= 4 is 11.8 Å². The van der Waals surface area contributed by atoms with Crippen LogP contribution in [0.15, 0.2) is 67.0 Å². The minimum atomic E-state index is -0.615. The molecule has 0 aliphatic heterocycles. The van der Waals surface area contributed by atoms with Crippen LogP contribution in [0, 0.1) is 6.92 Å². The number of carbonyl (C=O) groups excluding carboxylic acids is 2. The summed E-state index contributed by atoms with van der Waals surface area (Å²) in [5.41, 5.74) is 4.64. The van der Waals surface area contributed by atoms with Crippen molar-refractivity contribution in [2.75, 3.05) is 6.61 Å². The Hall–Kier alpha value is -3.51. The van der Waals surface area contributed by atoms with E-state index < -0.39 is 6.04 Å². The molecular weight excluding hydrogens is 414 g/mol. The van der Waals surface area contributed by atoms with Gasteiger partial charge in [0.25, 0.3) is 11.8 Å². The van der Waals surface area contributed by atoms with E-state index in [0.29, 0.717) is 16.7 Å². The second-order valence-corrected chi connectivity index (χ2v) is 8.55. The van der Waals surface area contributed by atoms with Crippen LogP contribution < -0.4 is 10.6 Å². The van der Waals surface area contributed by atoms with Crippen LogP contribution in [0.2, 0.25) is 0 Å². The highest BCUT2D eigenvalue weighted by molar-refractivity contribution is 5.97. The normalized spacial score (nSPS) is 14.6. The molecule has 1 atom stereocenters. The minimum absolute atomic E-state index is 0.116. The van der Waals surface area contributed by atoms with E-state index in [1.165, 1.54) is 0 Å². The first-order valence-electron chi connectivity index (χ1n) is 11.4. The molecule has 4 rings (SSSR count). The summed E-state index contributed by atoms with van der Waals surface area (Å²) in [5, 5.41) is 16.0. The second-order valence-electron chi connectivity index (χ2n) is 8.55. The Labute approximate surface area is 194 Å². The molecule has 0 radical (unpaired) electrons. The van der Waals surface area contributed by atoms with Crippen molar-refractivity contribution in [2.45, 2.75) is 44.7 Å². The minimum Gasteiger partial charge on any atom is -0.394 e. The van der Waals surface area contributed by atoms with Crippen LogP contribution in [0.3, 0.4) is 0 Å². The molecule has 1 heterocycles. The summed E-state index contributed by atoms with van der Waals surface area (Å²) in [4.78, 5) is 29.7. The third kappa shape index (κ3) is 5.46. The molecule has 1 fully saturated rings. The van der Waals surface area contributed by atoms with Gasteiger partial charge < -0.3 is 15.7 Å². The summed E-state index contributed by atoms with van der Waals surface area (Å²) < 4.78 is 0. The largest absolute Gasteiger partial charge is 0.394 e. The van der Waals surface area contributed by atoms with Gasteiger partial charge in [0, 0.05) is 29.6 Å². The molecule has 1 aromatic heterocycles. The van der Waals surface area contributed by atoms with Crippen LogP contribution in [0.1, 0.15) is 63.6 Å². The summed E-state index contributed by atoms with van der Waals surface area (Å²) >= 11 is 0. The number of aliphatic hydroxyl groups is 1. The van der Waals surface area contributed by atoms with E-state index in [-0.39, 0.29) is 24.5 Å². The van der Waals surface area contributed by atoms with Crippen LogP contribution in [-0.2, 0) is 0 Å². The highest BCUT2D eigenvalue weighted by Gasteiger charge is 2.20. The van der Waals surface area contributed by atoms with E-state index in [1.807, 2.05) is 37.3 Å². The highest BCUT2D eigenvalue weighted by Crippen LogP contribution is 2.23. The number of nitrogens with one attached hydrogen (secondary N) is 2. The molecule has 2 aromatic carbocycles. The SMILES string of the molecule is Cc1cc(-c2ccncc2)ccc1C(=O)N[C@H](CO)c1cccc(C(=O)NC2CCCC2)c1. The van der Waals surface area contributed by atoms with Crippen LogP contribution in [0.25, 0.3) is 11.1 Å². The van der Waals surface area contributed by atoms with Crippen molar-refractivity contribution in [3.05, 3.63) is 89.2 Å². The Morgan fingerprint density at radius 1 is 1.00 bits per heavy atom. The fourth-order valence-corrected chi connectivity index (χ4v) is 4.35.